The lowest BCUT2D eigenvalue weighted by atomic mass is 10.0. The maximum atomic E-state index is 12.8. The molecule has 0 bridgehead atoms. The van der Waals surface area contributed by atoms with Gasteiger partial charge < -0.3 is 15.5 Å². The van der Waals surface area contributed by atoms with Crippen molar-refractivity contribution in [2.45, 2.75) is 51.1 Å². The highest BCUT2D eigenvalue weighted by molar-refractivity contribution is 6.05. The fraction of sp³-hybridized carbons (Fsp3) is 0.429. The highest BCUT2D eigenvalue weighted by Crippen LogP contribution is 2.28. The van der Waals surface area contributed by atoms with E-state index in [2.05, 4.69) is 21.0 Å². The minimum atomic E-state index is -0.579. The molecule has 3 aliphatic heterocycles. The summed E-state index contributed by atoms with van der Waals surface area (Å²) in [5.41, 5.74) is 3.85. The average molecular weight is 408 g/mol. The Morgan fingerprint density at radius 3 is 2.97 bits per heavy atom. The van der Waals surface area contributed by atoms with Crippen molar-refractivity contribution in [3.63, 3.8) is 0 Å². The molecule has 1 saturated heterocycles. The highest BCUT2D eigenvalue weighted by Gasteiger charge is 2.39. The van der Waals surface area contributed by atoms with Crippen LogP contribution >= 0.6 is 0 Å². The van der Waals surface area contributed by atoms with Gasteiger partial charge in [-0.3, -0.25) is 24.4 Å². The molecule has 0 spiro atoms. The molecule has 156 valence electrons. The first-order chi connectivity index (χ1) is 14.6. The first kappa shape index (κ1) is 19.0. The van der Waals surface area contributed by atoms with E-state index in [1.165, 1.54) is 5.69 Å². The normalized spacial score (nSPS) is 23.7. The van der Waals surface area contributed by atoms with Crippen LogP contribution in [0.15, 0.2) is 30.5 Å². The largest absolute Gasteiger partial charge is 0.322 e. The minimum Gasteiger partial charge on any atom is -0.322 e. The predicted octanol–water partition coefficient (Wildman–Crippen LogP) is -0.0943. The van der Waals surface area contributed by atoms with Crippen molar-refractivity contribution < 1.29 is 14.4 Å². The summed E-state index contributed by atoms with van der Waals surface area (Å²) < 4.78 is 2.02. The number of nitrogens with one attached hydrogen (secondary N) is 3. The minimum absolute atomic E-state index is 0.141. The lowest BCUT2D eigenvalue weighted by molar-refractivity contribution is -0.136. The Morgan fingerprint density at radius 1 is 1.20 bits per heavy atom. The average Bonchev–Trinajstić information content (AvgIpc) is 3.24. The van der Waals surface area contributed by atoms with Crippen molar-refractivity contribution >= 4 is 17.7 Å². The number of imide groups is 1. The van der Waals surface area contributed by atoms with Gasteiger partial charge in [-0.1, -0.05) is 12.1 Å². The first-order valence-corrected chi connectivity index (χ1v) is 10.3. The zero-order chi connectivity index (χ0) is 20.7. The number of piperidine rings is 1. The summed E-state index contributed by atoms with van der Waals surface area (Å²) >= 11 is 0. The third kappa shape index (κ3) is 3.50. The van der Waals surface area contributed by atoms with Gasteiger partial charge in [0.1, 0.15) is 6.04 Å². The van der Waals surface area contributed by atoms with Crippen LogP contribution in [-0.4, -0.2) is 51.0 Å². The van der Waals surface area contributed by atoms with Crippen molar-refractivity contribution in [1.29, 1.82) is 0 Å². The Labute approximate surface area is 173 Å². The molecule has 3 N–H and O–H groups in total. The van der Waals surface area contributed by atoms with Crippen LogP contribution in [0.1, 0.15) is 40.0 Å². The fourth-order valence-electron chi connectivity index (χ4n) is 4.46. The summed E-state index contributed by atoms with van der Waals surface area (Å²) in [6.45, 7) is 3.56. The summed E-state index contributed by atoms with van der Waals surface area (Å²) in [5.74, 6) is -0.796. The SMILES string of the molecule is O=C1CCC(N2Cc3cc(CNC4CNCc5ccnn5C4)ccc3C2=O)C(=O)N1. The van der Waals surface area contributed by atoms with Gasteiger partial charge in [-0.15, -0.1) is 0 Å². The van der Waals surface area contributed by atoms with Gasteiger partial charge in [0.15, 0.2) is 0 Å². The van der Waals surface area contributed by atoms with E-state index in [4.69, 9.17) is 0 Å². The Kier molecular flexibility index (Phi) is 4.84. The van der Waals surface area contributed by atoms with E-state index in [1.807, 2.05) is 35.1 Å². The van der Waals surface area contributed by atoms with Crippen LogP contribution < -0.4 is 16.0 Å². The van der Waals surface area contributed by atoms with Crippen LogP contribution in [0.3, 0.4) is 0 Å². The van der Waals surface area contributed by atoms with Gasteiger partial charge in [0.2, 0.25) is 11.8 Å². The molecule has 2 aromatic rings. The Bertz CT molecular complexity index is 1020. The van der Waals surface area contributed by atoms with Crippen LogP contribution in [0.5, 0.6) is 0 Å². The molecule has 0 radical (unpaired) electrons. The third-order valence-electron chi connectivity index (χ3n) is 6.08. The standard InChI is InChI=1S/C21H24N6O3/c28-19-4-3-18(20(29)25-19)26-11-14-7-13(1-2-17(14)21(26)30)8-23-15-9-22-10-16-5-6-24-27(16)12-15/h1-2,5-7,15,18,22-23H,3-4,8-12H2,(H,25,28,29). The van der Waals surface area contributed by atoms with Crippen molar-refractivity contribution in [2.24, 2.45) is 0 Å². The molecule has 4 heterocycles. The van der Waals surface area contributed by atoms with Gasteiger partial charge >= 0.3 is 0 Å². The molecule has 3 amide bonds. The van der Waals surface area contributed by atoms with Crippen molar-refractivity contribution in [3.8, 4) is 0 Å². The third-order valence-corrected chi connectivity index (χ3v) is 6.08. The van der Waals surface area contributed by atoms with E-state index in [0.29, 0.717) is 25.1 Å². The van der Waals surface area contributed by atoms with Crippen molar-refractivity contribution in [2.75, 3.05) is 6.54 Å². The van der Waals surface area contributed by atoms with E-state index in [0.717, 1.165) is 30.8 Å². The number of rotatable bonds is 4. The summed E-state index contributed by atoms with van der Waals surface area (Å²) in [6.07, 6.45) is 2.47. The number of hydrogen-bond acceptors (Lipinski definition) is 6. The molecule has 30 heavy (non-hydrogen) atoms. The van der Waals surface area contributed by atoms with Crippen LogP contribution in [0, 0.1) is 0 Å². The lowest BCUT2D eigenvalue weighted by Crippen LogP contribution is -2.52. The topological polar surface area (TPSA) is 108 Å². The van der Waals surface area contributed by atoms with E-state index >= 15 is 0 Å². The number of carbonyl (C=O) groups excluding carboxylic acids is 3. The zero-order valence-corrected chi connectivity index (χ0v) is 16.6. The first-order valence-electron chi connectivity index (χ1n) is 10.3. The van der Waals surface area contributed by atoms with E-state index in [1.54, 1.807) is 4.90 Å². The predicted molar refractivity (Wildman–Crippen MR) is 107 cm³/mol. The maximum Gasteiger partial charge on any atom is 0.255 e. The Morgan fingerprint density at radius 2 is 2.10 bits per heavy atom. The number of nitrogens with zero attached hydrogens (tertiary/aromatic N) is 3. The van der Waals surface area contributed by atoms with Gasteiger partial charge in [-0.05, 0) is 29.7 Å². The lowest BCUT2D eigenvalue weighted by Gasteiger charge is -2.29. The van der Waals surface area contributed by atoms with Crippen LogP contribution in [-0.2, 0) is 35.8 Å². The van der Waals surface area contributed by atoms with E-state index in [9.17, 15) is 14.4 Å². The fourth-order valence-corrected chi connectivity index (χ4v) is 4.46. The second-order valence-corrected chi connectivity index (χ2v) is 8.10. The molecule has 0 aliphatic carbocycles. The molecule has 9 nitrogen and oxygen atoms in total. The number of hydrogen-bond donors (Lipinski definition) is 3. The van der Waals surface area contributed by atoms with Gasteiger partial charge in [0, 0.05) is 50.4 Å². The molecule has 2 unspecified atom stereocenters. The Hall–Kier alpha value is -3.04. The number of amides is 3. The van der Waals surface area contributed by atoms with Crippen LogP contribution in [0.2, 0.25) is 0 Å². The summed E-state index contributed by atoms with van der Waals surface area (Å²) in [4.78, 5) is 38.0. The number of benzene rings is 1. The van der Waals surface area contributed by atoms with Gasteiger partial charge in [0.25, 0.3) is 5.91 Å². The monoisotopic (exact) mass is 408 g/mol. The van der Waals surface area contributed by atoms with E-state index < -0.39 is 6.04 Å². The number of carbonyl (C=O) groups is 3. The van der Waals surface area contributed by atoms with Gasteiger partial charge in [0.05, 0.1) is 12.2 Å². The van der Waals surface area contributed by atoms with Crippen molar-refractivity contribution in [3.05, 3.63) is 52.8 Å². The molecule has 5 rings (SSSR count). The van der Waals surface area contributed by atoms with Crippen LogP contribution in [0.25, 0.3) is 0 Å². The maximum absolute atomic E-state index is 12.8. The summed E-state index contributed by atoms with van der Waals surface area (Å²) in [6, 6.07) is 7.54. The molecular weight excluding hydrogens is 384 g/mol. The molecule has 1 fully saturated rings. The quantitative estimate of drug-likeness (QED) is 0.610. The zero-order valence-electron chi connectivity index (χ0n) is 16.6. The Balaban J connectivity index is 1.24. The van der Waals surface area contributed by atoms with E-state index in [-0.39, 0.29) is 30.2 Å². The van der Waals surface area contributed by atoms with Crippen LogP contribution in [0.4, 0.5) is 0 Å². The smallest absolute Gasteiger partial charge is 0.255 e. The molecule has 9 heteroatoms. The molecule has 1 aromatic carbocycles. The molecular formula is C21H24N6O3. The highest BCUT2D eigenvalue weighted by atomic mass is 16.2. The second kappa shape index (κ2) is 7.66. The molecule has 2 atom stereocenters. The van der Waals surface area contributed by atoms with Crippen molar-refractivity contribution in [1.82, 2.24) is 30.6 Å². The molecule has 0 saturated carbocycles. The number of aromatic nitrogens is 2. The molecule has 3 aliphatic rings. The second-order valence-electron chi connectivity index (χ2n) is 8.10. The van der Waals surface area contributed by atoms with Gasteiger partial charge in [-0.25, -0.2) is 0 Å². The summed E-state index contributed by atoms with van der Waals surface area (Å²) in [5, 5.41) is 13.7. The summed E-state index contributed by atoms with van der Waals surface area (Å²) in [7, 11) is 0. The molecule has 1 aromatic heterocycles. The van der Waals surface area contributed by atoms with Gasteiger partial charge in [-0.2, -0.15) is 5.10 Å². The number of fused-ring (bicyclic) bond motifs is 2.